The topological polar surface area (TPSA) is 92.4 Å². The number of carbonyl (C=O) groups excluding carboxylic acids is 1. The molecule has 2 unspecified atom stereocenters. The van der Waals surface area contributed by atoms with Crippen LogP contribution >= 0.6 is 0 Å². The van der Waals surface area contributed by atoms with Crippen LogP contribution in [0.15, 0.2) is 0 Å². The summed E-state index contributed by atoms with van der Waals surface area (Å²) in [6.45, 7) is 7.76. The van der Waals surface area contributed by atoms with E-state index in [0.717, 1.165) is 6.42 Å². The average molecular weight is 244 g/mol. The fourth-order valence-corrected chi connectivity index (χ4v) is 1.53. The van der Waals surface area contributed by atoms with Gasteiger partial charge in [0, 0.05) is 6.42 Å². The summed E-state index contributed by atoms with van der Waals surface area (Å²) in [6, 6.07) is -0.870. The molecule has 0 bridgehead atoms. The molecule has 5 nitrogen and oxygen atoms in total. The van der Waals surface area contributed by atoms with Gasteiger partial charge in [-0.05, 0) is 17.9 Å². The van der Waals surface area contributed by atoms with Crippen molar-refractivity contribution in [3.63, 3.8) is 0 Å². The van der Waals surface area contributed by atoms with E-state index in [2.05, 4.69) is 5.32 Å². The minimum atomic E-state index is -1.01. The molecule has 0 heterocycles. The fraction of sp³-hybridized carbons (Fsp3) is 0.833. The molecule has 5 heteroatoms. The molecule has 100 valence electrons. The highest BCUT2D eigenvalue weighted by molar-refractivity contribution is 5.84. The maximum absolute atomic E-state index is 11.7. The maximum atomic E-state index is 11.7. The molecule has 0 aromatic heterocycles. The Morgan fingerprint density at radius 2 is 1.88 bits per heavy atom. The molecule has 0 rings (SSSR count). The number of nitrogens with two attached hydrogens (primary N) is 1. The quantitative estimate of drug-likeness (QED) is 0.649. The zero-order valence-electron chi connectivity index (χ0n) is 11.1. The Balaban J connectivity index is 4.48. The van der Waals surface area contributed by atoms with Crippen LogP contribution in [0.2, 0.25) is 0 Å². The molecular weight excluding hydrogens is 220 g/mol. The minimum Gasteiger partial charge on any atom is -0.480 e. The highest BCUT2D eigenvalue weighted by atomic mass is 16.4. The summed E-state index contributed by atoms with van der Waals surface area (Å²) >= 11 is 0. The second-order valence-corrected chi connectivity index (χ2v) is 5.42. The number of hydrogen-bond donors (Lipinski definition) is 3. The first-order valence-corrected chi connectivity index (χ1v) is 5.94. The monoisotopic (exact) mass is 244 g/mol. The summed E-state index contributed by atoms with van der Waals surface area (Å²) in [5, 5.41) is 11.6. The molecule has 0 fully saturated rings. The van der Waals surface area contributed by atoms with Gasteiger partial charge in [-0.25, -0.2) is 4.79 Å². The normalized spacial score (nSPS) is 15.1. The lowest BCUT2D eigenvalue weighted by Crippen LogP contribution is -2.49. The Morgan fingerprint density at radius 3 is 2.18 bits per heavy atom. The van der Waals surface area contributed by atoms with Gasteiger partial charge in [-0.1, -0.05) is 34.1 Å². The van der Waals surface area contributed by atoms with Gasteiger partial charge in [-0.3, -0.25) is 4.79 Å². The van der Waals surface area contributed by atoms with Crippen molar-refractivity contribution in [3.8, 4) is 0 Å². The van der Waals surface area contributed by atoms with Crippen LogP contribution in [0.5, 0.6) is 0 Å². The fourth-order valence-electron chi connectivity index (χ4n) is 1.53. The van der Waals surface area contributed by atoms with Crippen LogP contribution in [0, 0.1) is 11.3 Å². The lowest BCUT2D eigenvalue weighted by molar-refractivity contribution is -0.145. The Labute approximate surface area is 103 Å². The van der Waals surface area contributed by atoms with Crippen LogP contribution in [-0.4, -0.2) is 29.6 Å². The lowest BCUT2D eigenvalue weighted by Gasteiger charge is -2.28. The van der Waals surface area contributed by atoms with Gasteiger partial charge in [-0.2, -0.15) is 0 Å². The number of hydrogen-bond acceptors (Lipinski definition) is 3. The summed E-state index contributed by atoms with van der Waals surface area (Å²) in [4.78, 5) is 22.8. The zero-order chi connectivity index (χ0) is 13.6. The lowest BCUT2D eigenvalue weighted by atomic mass is 9.86. The van der Waals surface area contributed by atoms with Crippen LogP contribution in [0.3, 0.4) is 0 Å². The van der Waals surface area contributed by atoms with Crippen LogP contribution < -0.4 is 11.1 Å². The minimum absolute atomic E-state index is 0.115. The molecule has 0 aliphatic heterocycles. The van der Waals surface area contributed by atoms with E-state index in [-0.39, 0.29) is 18.2 Å². The zero-order valence-corrected chi connectivity index (χ0v) is 11.1. The average Bonchev–Trinajstić information content (AvgIpc) is 2.20. The van der Waals surface area contributed by atoms with Gasteiger partial charge in [0.15, 0.2) is 0 Å². The highest BCUT2D eigenvalue weighted by Gasteiger charge is 2.32. The summed E-state index contributed by atoms with van der Waals surface area (Å²) in [5.41, 5.74) is 5.00. The predicted molar refractivity (Wildman–Crippen MR) is 66.5 cm³/mol. The smallest absolute Gasteiger partial charge is 0.326 e. The maximum Gasteiger partial charge on any atom is 0.326 e. The molecule has 0 aromatic carbocycles. The molecule has 0 saturated carbocycles. The Kier molecular flexibility index (Phi) is 6.16. The first-order chi connectivity index (χ1) is 7.72. The number of nitrogens with one attached hydrogen (secondary N) is 1. The second-order valence-electron chi connectivity index (χ2n) is 5.42. The van der Waals surface area contributed by atoms with E-state index in [0.29, 0.717) is 6.54 Å². The Morgan fingerprint density at radius 1 is 1.35 bits per heavy atom. The van der Waals surface area contributed by atoms with Crippen molar-refractivity contribution in [2.75, 3.05) is 6.54 Å². The van der Waals surface area contributed by atoms with Crippen LogP contribution in [-0.2, 0) is 9.59 Å². The third-order valence-corrected chi connectivity index (χ3v) is 2.80. The summed E-state index contributed by atoms with van der Waals surface area (Å²) < 4.78 is 0. The third kappa shape index (κ3) is 5.68. The third-order valence-electron chi connectivity index (χ3n) is 2.80. The van der Waals surface area contributed by atoms with Gasteiger partial charge >= 0.3 is 5.97 Å². The van der Waals surface area contributed by atoms with E-state index in [1.807, 2.05) is 6.92 Å². The van der Waals surface area contributed by atoms with Gasteiger partial charge in [0.1, 0.15) is 6.04 Å². The summed E-state index contributed by atoms with van der Waals surface area (Å²) in [5.74, 6) is -1.14. The molecule has 17 heavy (non-hydrogen) atoms. The first kappa shape index (κ1) is 15.9. The van der Waals surface area contributed by atoms with Gasteiger partial charge in [-0.15, -0.1) is 0 Å². The molecule has 0 saturated heterocycles. The molecule has 1 amide bonds. The number of aliphatic carboxylic acids is 1. The van der Waals surface area contributed by atoms with Gasteiger partial charge in [0.25, 0.3) is 0 Å². The molecule has 0 aliphatic rings. The van der Waals surface area contributed by atoms with Gasteiger partial charge < -0.3 is 16.2 Å². The van der Waals surface area contributed by atoms with Crippen molar-refractivity contribution in [2.24, 2.45) is 17.1 Å². The first-order valence-electron chi connectivity index (χ1n) is 5.94. The van der Waals surface area contributed by atoms with Crippen molar-refractivity contribution in [2.45, 2.75) is 46.6 Å². The van der Waals surface area contributed by atoms with Crippen LogP contribution in [0.25, 0.3) is 0 Å². The van der Waals surface area contributed by atoms with Crippen molar-refractivity contribution in [1.82, 2.24) is 5.32 Å². The van der Waals surface area contributed by atoms with E-state index in [9.17, 15) is 9.59 Å². The molecular formula is C12H24N2O3. The molecule has 0 aromatic rings. The van der Waals surface area contributed by atoms with E-state index in [1.165, 1.54) is 0 Å². The number of carboxylic acids is 1. The van der Waals surface area contributed by atoms with Crippen molar-refractivity contribution in [3.05, 3.63) is 0 Å². The van der Waals surface area contributed by atoms with E-state index >= 15 is 0 Å². The number of rotatable bonds is 6. The van der Waals surface area contributed by atoms with Gasteiger partial charge in [0.2, 0.25) is 5.91 Å². The number of amides is 1. The number of carboxylic acid groups (broad SMARTS) is 1. The number of carbonyl (C=O) groups is 2. The highest BCUT2D eigenvalue weighted by Crippen LogP contribution is 2.20. The predicted octanol–water partition coefficient (Wildman–Crippen LogP) is 0.977. The second kappa shape index (κ2) is 6.59. The van der Waals surface area contributed by atoms with E-state index in [1.54, 1.807) is 20.8 Å². The van der Waals surface area contributed by atoms with Crippen molar-refractivity contribution < 1.29 is 14.7 Å². The van der Waals surface area contributed by atoms with Crippen molar-refractivity contribution in [1.29, 1.82) is 0 Å². The molecule has 2 atom stereocenters. The van der Waals surface area contributed by atoms with Gasteiger partial charge in [0.05, 0.1) is 0 Å². The molecule has 0 spiro atoms. The Bertz CT molecular complexity index is 267. The standard InChI is InChI=1S/C12H24N2O3/c1-5-8(7-13)6-9(15)14-10(11(16)17)12(2,3)4/h8,10H,5-7,13H2,1-4H3,(H,14,15)(H,16,17). The molecule has 4 N–H and O–H groups in total. The molecule has 0 radical (unpaired) electrons. The van der Waals surface area contributed by atoms with Crippen LogP contribution in [0.1, 0.15) is 40.5 Å². The SMILES string of the molecule is CCC(CN)CC(=O)NC(C(=O)O)C(C)(C)C. The van der Waals surface area contributed by atoms with Crippen LogP contribution in [0.4, 0.5) is 0 Å². The summed E-state index contributed by atoms with van der Waals surface area (Å²) in [7, 11) is 0. The molecule has 0 aliphatic carbocycles. The Hall–Kier alpha value is -1.10. The summed E-state index contributed by atoms with van der Waals surface area (Å²) in [6.07, 6.45) is 1.10. The largest absolute Gasteiger partial charge is 0.480 e. The van der Waals surface area contributed by atoms with E-state index in [4.69, 9.17) is 10.8 Å². The van der Waals surface area contributed by atoms with Crippen molar-refractivity contribution >= 4 is 11.9 Å². The van der Waals surface area contributed by atoms with E-state index < -0.39 is 17.4 Å².